The van der Waals surface area contributed by atoms with Crippen LogP contribution >= 0.6 is 11.8 Å². The minimum Gasteiger partial charge on any atom is -0.308 e. The average molecular weight is 381 g/mol. The maximum atomic E-state index is 12.3. The summed E-state index contributed by atoms with van der Waals surface area (Å²) in [6.07, 6.45) is 0. The van der Waals surface area contributed by atoms with E-state index in [0.717, 1.165) is 5.56 Å². The molecule has 3 aromatic rings. The number of urea groups is 1. The summed E-state index contributed by atoms with van der Waals surface area (Å²) in [5.74, 6) is 0.310. The number of benzene rings is 2. The van der Waals surface area contributed by atoms with Crippen molar-refractivity contribution < 1.29 is 9.59 Å². The molecule has 0 saturated carbocycles. The number of aromatic nitrogens is 3. The maximum absolute atomic E-state index is 12.3. The Bertz CT molecular complexity index is 928. The second kappa shape index (κ2) is 8.50. The van der Waals surface area contributed by atoms with Gasteiger partial charge in [-0.1, -0.05) is 60.3 Å². The summed E-state index contributed by atoms with van der Waals surface area (Å²) in [6.45, 7) is 1.71. The third kappa shape index (κ3) is 4.73. The van der Waals surface area contributed by atoms with Crippen molar-refractivity contribution in [1.29, 1.82) is 0 Å². The number of nitrogens with one attached hydrogen (secondary N) is 2. The zero-order chi connectivity index (χ0) is 19.2. The molecule has 0 aliphatic carbocycles. The summed E-state index contributed by atoms with van der Waals surface area (Å²) in [7, 11) is 1.84. The van der Waals surface area contributed by atoms with Crippen molar-refractivity contribution in [2.75, 3.05) is 5.32 Å². The zero-order valence-corrected chi connectivity index (χ0v) is 15.7. The number of nitrogens with zero attached hydrogens (tertiary/aromatic N) is 3. The fourth-order valence-corrected chi connectivity index (χ4v) is 3.18. The number of anilines is 1. The van der Waals surface area contributed by atoms with Gasteiger partial charge in [-0.2, -0.15) is 0 Å². The Labute approximate surface area is 161 Å². The van der Waals surface area contributed by atoms with E-state index in [1.165, 1.54) is 11.8 Å². The van der Waals surface area contributed by atoms with E-state index < -0.39 is 17.2 Å². The van der Waals surface area contributed by atoms with Gasteiger partial charge in [-0.3, -0.25) is 10.1 Å². The summed E-state index contributed by atoms with van der Waals surface area (Å²) in [4.78, 5) is 24.2. The van der Waals surface area contributed by atoms with Crippen LogP contribution in [0.2, 0.25) is 0 Å². The van der Waals surface area contributed by atoms with Crippen LogP contribution in [0.15, 0.2) is 65.8 Å². The fourth-order valence-electron chi connectivity index (χ4n) is 2.37. The second-order valence-corrected chi connectivity index (χ2v) is 7.11. The Morgan fingerprint density at radius 3 is 2.30 bits per heavy atom. The van der Waals surface area contributed by atoms with Crippen molar-refractivity contribution in [2.45, 2.75) is 17.3 Å². The van der Waals surface area contributed by atoms with Crippen LogP contribution in [0.4, 0.5) is 10.5 Å². The molecule has 1 unspecified atom stereocenters. The van der Waals surface area contributed by atoms with Crippen molar-refractivity contribution in [3.05, 3.63) is 60.7 Å². The summed E-state index contributed by atoms with van der Waals surface area (Å²) in [5, 5.41) is 13.4. The molecule has 2 N–H and O–H groups in total. The van der Waals surface area contributed by atoms with E-state index in [-0.39, 0.29) is 0 Å². The highest BCUT2D eigenvalue weighted by atomic mass is 32.2. The Morgan fingerprint density at radius 2 is 1.63 bits per heavy atom. The van der Waals surface area contributed by atoms with Gasteiger partial charge in [0.05, 0.1) is 5.25 Å². The Balaban J connectivity index is 1.60. The van der Waals surface area contributed by atoms with E-state index in [1.54, 1.807) is 31.2 Å². The first-order chi connectivity index (χ1) is 13.0. The molecule has 0 fully saturated rings. The predicted molar refractivity (Wildman–Crippen MR) is 105 cm³/mol. The molecule has 0 saturated heterocycles. The standard InChI is InChI=1S/C19H19N5O2S/c1-13(17(25)21-18(26)20-15-11-7-4-8-12-15)27-19-23-22-16(24(19)2)14-9-5-3-6-10-14/h3-13H,1-2H3,(H2,20,21,25,26). The largest absolute Gasteiger partial charge is 0.325 e. The van der Waals surface area contributed by atoms with Gasteiger partial charge in [0.25, 0.3) is 0 Å². The van der Waals surface area contributed by atoms with Crippen LogP contribution in [0.25, 0.3) is 11.4 Å². The smallest absolute Gasteiger partial charge is 0.308 e. The molecule has 0 radical (unpaired) electrons. The minimum absolute atomic E-state index is 0.405. The van der Waals surface area contributed by atoms with Crippen LogP contribution in [0.1, 0.15) is 6.92 Å². The SMILES string of the molecule is CC(Sc1nnc(-c2ccccc2)n1C)C(=O)NC(=O)Nc1ccccc1. The van der Waals surface area contributed by atoms with E-state index in [4.69, 9.17) is 0 Å². The van der Waals surface area contributed by atoms with Crippen LogP contribution in [0, 0.1) is 0 Å². The van der Waals surface area contributed by atoms with Gasteiger partial charge in [0, 0.05) is 18.3 Å². The summed E-state index contributed by atoms with van der Waals surface area (Å²) in [5.41, 5.74) is 1.56. The summed E-state index contributed by atoms with van der Waals surface area (Å²) >= 11 is 1.24. The van der Waals surface area contributed by atoms with Gasteiger partial charge in [0.15, 0.2) is 11.0 Å². The number of rotatable bonds is 5. The summed E-state index contributed by atoms with van der Waals surface area (Å²) in [6, 6.07) is 18.0. The fraction of sp³-hybridized carbons (Fsp3) is 0.158. The first-order valence-corrected chi connectivity index (χ1v) is 9.21. The maximum Gasteiger partial charge on any atom is 0.325 e. The van der Waals surface area contributed by atoms with Crippen molar-refractivity contribution in [3.63, 3.8) is 0 Å². The van der Waals surface area contributed by atoms with Gasteiger partial charge in [-0.25, -0.2) is 4.79 Å². The second-order valence-electron chi connectivity index (χ2n) is 5.80. The van der Waals surface area contributed by atoms with Gasteiger partial charge in [0.2, 0.25) is 5.91 Å². The van der Waals surface area contributed by atoms with E-state index in [9.17, 15) is 9.59 Å². The number of thioether (sulfide) groups is 1. The molecule has 27 heavy (non-hydrogen) atoms. The van der Waals surface area contributed by atoms with E-state index >= 15 is 0 Å². The highest BCUT2D eigenvalue weighted by Gasteiger charge is 2.21. The molecule has 3 rings (SSSR count). The molecular weight excluding hydrogens is 362 g/mol. The minimum atomic E-state index is -0.568. The third-order valence-corrected chi connectivity index (χ3v) is 4.92. The first kappa shape index (κ1) is 18.7. The average Bonchev–Trinajstić information content (AvgIpc) is 3.03. The molecule has 1 atom stereocenters. The van der Waals surface area contributed by atoms with Gasteiger partial charge in [-0.05, 0) is 19.1 Å². The molecule has 7 nitrogen and oxygen atoms in total. The van der Waals surface area contributed by atoms with Gasteiger partial charge >= 0.3 is 6.03 Å². The predicted octanol–water partition coefficient (Wildman–Crippen LogP) is 3.31. The molecule has 1 aromatic heterocycles. The molecule has 0 aliphatic rings. The van der Waals surface area contributed by atoms with Crippen LogP contribution in [0.3, 0.4) is 0 Å². The number of carbonyl (C=O) groups is 2. The lowest BCUT2D eigenvalue weighted by Crippen LogP contribution is -2.38. The molecule has 3 amide bonds. The van der Waals surface area contributed by atoms with Crippen molar-refractivity contribution in [2.24, 2.45) is 7.05 Å². The van der Waals surface area contributed by atoms with Crippen LogP contribution in [-0.2, 0) is 11.8 Å². The zero-order valence-electron chi connectivity index (χ0n) is 14.9. The van der Waals surface area contributed by atoms with Crippen molar-refractivity contribution >= 4 is 29.4 Å². The number of hydrogen-bond acceptors (Lipinski definition) is 5. The van der Waals surface area contributed by atoms with Gasteiger partial charge < -0.3 is 9.88 Å². The van der Waals surface area contributed by atoms with Crippen LogP contribution in [0.5, 0.6) is 0 Å². The number of amides is 3. The Hall–Kier alpha value is -3.13. The quantitative estimate of drug-likeness (QED) is 0.662. The number of carbonyl (C=O) groups excluding carboxylic acids is 2. The Morgan fingerprint density at radius 1 is 1.00 bits per heavy atom. The molecule has 8 heteroatoms. The first-order valence-electron chi connectivity index (χ1n) is 8.33. The summed E-state index contributed by atoms with van der Waals surface area (Å²) < 4.78 is 1.83. The normalized spacial score (nSPS) is 11.6. The molecule has 0 bridgehead atoms. The van der Waals surface area contributed by atoms with E-state index in [2.05, 4.69) is 20.8 Å². The van der Waals surface area contributed by atoms with Crippen molar-refractivity contribution in [1.82, 2.24) is 20.1 Å². The van der Waals surface area contributed by atoms with Crippen LogP contribution < -0.4 is 10.6 Å². The molecular formula is C19H19N5O2S. The lowest BCUT2D eigenvalue weighted by molar-refractivity contribution is -0.119. The van der Waals surface area contributed by atoms with Gasteiger partial charge in [-0.15, -0.1) is 10.2 Å². The highest BCUT2D eigenvalue weighted by Crippen LogP contribution is 2.25. The molecule has 0 aliphatic heterocycles. The molecule has 138 valence electrons. The monoisotopic (exact) mass is 381 g/mol. The molecule has 0 spiro atoms. The number of imide groups is 1. The lowest BCUT2D eigenvalue weighted by Gasteiger charge is -2.11. The van der Waals surface area contributed by atoms with Crippen molar-refractivity contribution in [3.8, 4) is 11.4 Å². The topological polar surface area (TPSA) is 88.9 Å². The van der Waals surface area contributed by atoms with E-state index in [0.29, 0.717) is 16.7 Å². The molecule has 2 aromatic carbocycles. The lowest BCUT2D eigenvalue weighted by atomic mass is 10.2. The number of para-hydroxylation sites is 1. The third-order valence-electron chi connectivity index (χ3n) is 3.79. The Kier molecular flexibility index (Phi) is 5.87. The van der Waals surface area contributed by atoms with Crippen LogP contribution in [-0.4, -0.2) is 32.0 Å². The van der Waals surface area contributed by atoms with Gasteiger partial charge in [0.1, 0.15) is 0 Å². The number of hydrogen-bond donors (Lipinski definition) is 2. The highest BCUT2D eigenvalue weighted by molar-refractivity contribution is 8.00. The van der Waals surface area contributed by atoms with E-state index in [1.807, 2.05) is 48.0 Å². The molecule has 1 heterocycles.